The average Bonchev–Trinajstić information content (AvgIpc) is 2.20. The molecule has 0 aromatic carbocycles. The predicted octanol–water partition coefficient (Wildman–Crippen LogP) is 0.708. The van der Waals surface area contributed by atoms with Gasteiger partial charge in [-0.05, 0) is 6.42 Å². The SMILES string of the molecule is CCCCOC(=O)CC1COCCN1. The monoisotopic (exact) mass is 201 g/mol. The van der Waals surface area contributed by atoms with Gasteiger partial charge in [0.2, 0.25) is 0 Å². The van der Waals surface area contributed by atoms with E-state index in [9.17, 15) is 4.79 Å². The second kappa shape index (κ2) is 6.79. The number of ether oxygens (including phenoxy) is 2. The Morgan fingerprint density at radius 3 is 3.14 bits per heavy atom. The van der Waals surface area contributed by atoms with Crippen LogP contribution in [0.3, 0.4) is 0 Å². The van der Waals surface area contributed by atoms with Gasteiger partial charge >= 0.3 is 5.97 Å². The molecule has 1 rings (SSSR count). The number of carbonyl (C=O) groups is 1. The first-order valence-electron chi connectivity index (χ1n) is 5.29. The number of nitrogens with one attached hydrogen (secondary N) is 1. The van der Waals surface area contributed by atoms with E-state index in [2.05, 4.69) is 12.2 Å². The molecule has 4 nitrogen and oxygen atoms in total. The number of unbranched alkanes of at least 4 members (excludes halogenated alkanes) is 1. The molecule has 0 bridgehead atoms. The van der Waals surface area contributed by atoms with Crippen molar-refractivity contribution >= 4 is 5.97 Å². The van der Waals surface area contributed by atoms with Gasteiger partial charge in [-0.2, -0.15) is 0 Å². The topological polar surface area (TPSA) is 47.6 Å². The first-order chi connectivity index (χ1) is 6.83. The molecule has 0 spiro atoms. The number of carbonyl (C=O) groups excluding carboxylic acids is 1. The summed E-state index contributed by atoms with van der Waals surface area (Å²) in [5.74, 6) is -0.124. The fraction of sp³-hybridized carbons (Fsp3) is 0.900. The summed E-state index contributed by atoms with van der Waals surface area (Å²) in [6.45, 7) is 4.80. The lowest BCUT2D eigenvalue weighted by atomic mass is 10.2. The van der Waals surface area contributed by atoms with Crippen LogP contribution in [0, 0.1) is 0 Å². The second-order valence-electron chi connectivity index (χ2n) is 3.50. The minimum absolute atomic E-state index is 0.124. The quantitative estimate of drug-likeness (QED) is 0.525. The van der Waals surface area contributed by atoms with Gasteiger partial charge in [-0.15, -0.1) is 0 Å². The van der Waals surface area contributed by atoms with Crippen molar-refractivity contribution in [2.45, 2.75) is 32.2 Å². The van der Waals surface area contributed by atoms with Crippen LogP contribution in [-0.4, -0.2) is 38.4 Å². The highest BCUT2D eigenvalue weighted by molar-refractivity contribution is 5.70. The van der Waals surface area contributed by atoms with Crippen LogP contribution in [0.4, 0.5) is 0 Å². The summed E-state index contributed by atoms with van der Waals surface area (Å²) in [5.41, 5.74) is 0. The van der Waals surface area contributed by atoms with Crippen LogP contribution in [0.25, 0.3) is 0 Å². The zero-order chi connectivity index (χ0) is 10.2. The highest BCUT2D eigenvalue weighted by atomic mass is 16.5. The van der Waals surface area contributed by atoms with Crippen LogP contribution in [-0.2, 0) is 14.3 Å². The summed E-state index contributed by atoms with van der Waals surface area (Å²) in [6, 6.07) is 0.137. The maximum atomic E-state index is 11.3. The van der Waals surface area contributed by atoms with Crippen molar-refractivity contribution in [3.8, 4) is 0 Å². The first kappa shape index (κ1) is 11.5. The third kappa shape index (κ3) is 4.58. The Balaban J connectivity index is 2.06. The van der Waals surface area contributed by atoms with Gasteiger partial charge in [-0.25, -0.2) is 0 Å². The van der Waals surface area contributed by atoms with E-state index in [0.29, 0.717) is 19.6 Å². The Morgan fingerprint density at radius 2 is 2.50 bits per heavy atom. The molecule has 82 valence electrons. The minimum atomic E-state index is -0.124. The van der Waals surface area contributed by atoms with Crippen LogP contribution in [0.1, 0.15) is 26.2 Å². The molecular weight excluding hydrogens is 182 g/mol. The van der Waals surface area contributed by atoms with Crippen molar-refractivity contribution in [2.75, 3.05) is 26.4 Å². The summed E-state index contributed by atoms with van der Waals surface area (Å²) >= 11 is 0. The van der Waals surface area contributed by atoms with E-state index in [4.69, 9.17) is 9.47 Å². The highest BCUT2D eigenvalue weighted by Gasteiger charge is 2.17. The maximum absolute atomic E-state index is 11.3. The van der Waals surface area contributed by atoms with E-state index in [1.54, 1.807) is 0 Å². The summed E-state index contributed by atoms with van der Waals surface area (Å²) < 4.78 is 10.3. The van der Waals surface area contributed by atoms with E-state index < -0.39 is 0 Å². The third-order valence-electron chi connectivity index (χ3n) is 2.17. The molecule has 0 aromatic heterocycles. The smallest absolute Gasteiger partial charge is 0.307 e. The molecular formula is C10H19NO3. The molecule has 4 heteroatoms. The molecule has 0 amide bonds. The number of hydrogen-bond acceptors (Lipinski definition) is 4. The van der Waals surface area contributed by atoms with Gasteiger partial charge < -0.3 is 14.8 Å². The molecule has 1 heterocycles. The summed E-state index contributed by atoms with van der Waals surface area (Å²) in [6.07, 6.45) is 2.42. The lowest BCUT2D eigenvalue weighted by Crippen LogP contribution is -2.42. The summed E-state index contributed by atoms with van der Waals surface area (Å²) in [7, 11) is 0. The molecule has 1 saturated heterocycles. The van der Waals surface area contributed by atoms with E-state index in [0.717, 1.165) is 26.0 Å². The Kier molecular flexibility index (Phi) is 5.56. The normalized spacial score (nSPS) is 21.9. The Hall–Kier alpha value is -0.610. The molecule has 14 heavy (non-hydrogen) atoms. The van der Waals surface area contributed by atoms with Crippen LogP contribution in [0.2, 0.25) is 0 Å². The van der Waals surface area contributed by atoms with E-state index in [-0.39, 0.29) is 12.0 Å². The van der Waals surface area contributed by atoms with Crippen molar-refractivity contribution in [1.82, 2.24) is 5.32 Å². The average molecular weight is 201 g/mol. The first-order valence-corrected chi connectivity index (χ1v) is 5.29. The molecule has 0 aromatic rings. The lowest BCUT2D eigenvalue weighted by Gasteiger charge is -2.22. The van der Waals surface area contributed by atoms with E-state index in [1.165, 1.54) is 0 Å². The van der Waals surface area contributed by atoms with Crippen molar-refractivity contribution in [3.63, 3.8) is 0 Å². The number of rotatable bonds is 5. The van der Waals surface area contributed by atoms with Gasteiger partial charge in [0.1, 0.15) is 0 Å². The van der Waals surface area contributed by atoms with Crippen LogP contribution >= 0.6 is 0 Å². The van der Waals surface area contributed by atoms with E-state index in [1.807, 2.05) is 0 Å². The Morgan fingerprint density at radius 1 is 1.64 bits per heavy atom. The highest BCUT2D eigenvalue weighted by Crippen LogP contribution is 2.00. The maximum Gasteiger partial charge on any atom is 0.307 e. The number of hydrogen-bond donors (Lipinski definition) is 1. The van der Waals surface area contributed by atoms with Crippen molar-refractivity contribution in [2.24, 2.45) is 0 Å². The molecule has 1 fully saturated rings. The molecule has 1 aliphatic rings. The largest absolute Gasteiger partial charge is 0.466 e. The van der Waals surface area contributed by atoms with Gasteiger partial charge in [0.05, 0.1) is 26.2 Å². The van der Waals surface area contributed by atoms with Gasteiger partial charge in [0, 0.05) is 12.6 Å². The Bertz CT molecular complexity index is 167. The molecule has 1 aliphatic heterocycles. The summed E-state index contributed by atoms with van der Waals surface area (Å²) in [5, 5.41) is 3.21. The van der Waals surface area contributed by atoms with Crippen LogP contribution < -0.4 is 5.32 Å². The van der Waals surface area contributed by atoms with Crippen molar-refractivity contribution in [1.29, 1.82) is 0 Å². The molecule has 0 saturated carbocycles. The number of morpholine rings is 1. The van der Waals surface area contributed by atoms with Gasteiger partial charge in [-0.1, -0.05) is 13.3 Å². The second-order valence-corrected chi connectivity index (χ2v) is 3.50. The minimum Gasteiger partial charge on any atom is -0.466 e. The van der Waals surface area contributed by atoms with Crippen molar-refractivity contribution in [3.05, 3.63) is 0 Å². The molecule has 0 radical (unpaired) electrons. The fourth-order valence-corrected chi connectivity index (χ4v) is 1.34. The van der Waals surface area contributed by atoms with Gasteiger partial charge in [0.15, 0.2) is 0 Å². The Labute approximate surface area is 85.0 Å². The van der Waals surface area contributed by atoms with Crippen LogP contribution in [0.15, 0.2) is 0 Å². The number of esters is 1. The molecule has 0 aliphatic carbocycles. The third-order valence-corrected chi connectivity index (χ3v) is 2.17. The van der Waals surface area contributed by atoms with Crippen molar-refractivity contribution < 1.29 is 14.3 Å². The van der Waals surface area contributed by atoms with E-state index >= 15 is 0 Å². The molecule has 1 unspecified atom stereocenters. The zero-order valence-electron chi connectivity index (χ0n) is 8.75. The standard InChI is InChI=1S/C10H19NO3/c1-2-3-5-14-10(12)7-9-8-13-6-4-11-9/h9,11H,2-8H2,1H3. The molecule has 1 N–H and O–H groups in total. The fourth-order valence-electron chi connectivity index (χ4n) is 1.34. The lowest BCUT2D eigenvalue weighted by molar-refractivity contribution is -0.145. The van der Waals surface area contributed by atoms with Gasteiger partial charge in [-0.3, -0.25) is 4.79 Å². The molecule has 1 atom stereocenters. The van der Waals surface area contributed by atoms with Crippen LogP contribution in [0.5, 0.6) is 0 Å². The zero-order valence-corrected chi connectivity index (χ0v) is 8.75. The summed E-state index contributed by atoms with van der Waals surface area (Å²) in [4.78, 5) is 11.3. The van der Waals surface area contributed by atoms with Gasteiger partial charge in [0.25, 0.3) is 0 Å². The predicted molar refractivity (Wildman–Crippen MR) is 53.1 cm³/mol.